The van der Waals surface area contributed by atoms with Crippen LogP contribution in [0.3, 0.4) is 0 Å². The van der Waals surface area contributed by atoms with E-state index >= 15 is 0 Å². The fourth-order valence-corrected chi connectivity index (χ4v) is 3.63. The quantitative estimate of drug-likeness (QED) is 0.689. The molecule has 82 valence electrons. The lowest BCUT2D eigenvalue weighted by Crippen LogP contribution is -2.41. The highest BCUT2D eigenvalue weighted by molar-refractivity contribution is 7.85. The van der Waals surface area contributed by atoms with Crippen LogP contribution in [0.5, 0.6) is 0 Å². The maximum atomic E-state index is 11.3. The zero-order valence-electron chi connectivity index (χ0n) is 8.52. The second kappa shape index (κ2) is 4.73. The largest absolute Gasteiger partial charge is 0.391 e. The van der Waals surface area contributed by atoms with E-state index in [4.69, 9.17) is 0 Å². The molecule has 1 heterocycles. The third kappa shape index (κ3) is 2.35. The number of aliphatic hydroxyl groups excluding tert-OH is 1. The molecule has 1 saturated carbocycles. The summed E-state index contributed by atoms with van der Waals surface area (Å²) in [6.07, 6.45) is 4.10. The van der Waals surface area contributed by atoms with E-state index in [1.54, 1.807) is 0 Å². The molecule has 1 saturated heterocycles. The second-order valence-electron chi connectivity index (χ2n) is 4.30. The van der Waals surface area contributed by atoms with Gasteiger partial charge in [0.2, 0.25) is 0 Å². The molecule has 1 aliphatic carbocycles. The Morgan fingerprint density at radius 3 is 2.71 bits per heavy atom. The smallest absolute Gasteiger partial charge is 0.0695 e. The molecule has 1 unspecified atom stereocenters. The fraction of sp³-hybridized carbons (Fsp3) is 1.00. The molecule has 0 spiro atoms. The van der Waals surface area contributed by atoms with E-state index in [0.29, 0.717) is 6.04 Å². The van der Waals surface area contributed by atoms with Crippen molar-refractivity contribution < 1.29 is 9.32 Å². The van der Waals surface area contributed by atoms with Gasteiger partial charge in [-0.05, 0) is 32.2 Å². The normalized spacial score (nSPS) is 41.1. The van der Waals surface area contributed by atoms with Gasteiger partial charge in [-0.3, -0.25) is 9.11 Å². The van der Waals surface area contributed by atoms with Crippen LogP contribution in [-0.4, -0.2) is 51.0 Å². The van der Waals surface area contributed by atoms with E-state index in [1.807, 2.05) is 0 Å². The third-order valence-corrected chi connectivity index (χ3v) is 4.72. The van der Waals surface area contributed by atoms with Gasteiger partial charge in [0.25, 0.3) is 0 Å². The zero-order chi connectivity index (χ0) is 9.97. The van der Waals surface area contributed by atoms with Crippen molar-refractivity contribution in [1.82, 2.24) is 4.90 Å². The van der Waals surface area contributed by atoms with E-state index in [0.717, 1.165) is 50.3 Å². The van der Waals surface area contributed by atoms with Gasteiger partial charge in [-0.1, -0.05) is 0 Å². The highest BCUT2D eigenvalue weighted by Crippen LogP contribution is 2.24. The van der Waals surface area contributed by atoms with Gasteiger partial charge in [0, 0.05) is 34.9 Å². The van der Waals surface area contributed by atoms with Crippen LogP contribution in [0.1, 0.15) is 25.7 Å². The van der Waals surface area contributed by atoms with Crippen LogP contribution < -0.4 is 0 Å². The molecule has 0 aromatic rings. The van der Waals surface area contributed by atoms with Gasteiger partial charge in [-0.2, -0.15) is 0 Å². The number of rotatable bonds is 1. The molecule has 0 bridgehead atoms. The Morgan fingerprint density at radius 2 is 2.00 bits per heavy atom. The Hall–Kier alpha value is 0.0700. The van der Waals surface area contributed by atoms with Gasteiger partial charge in [0.05, 0.1) is 6.10 Å². The number of nitrogens with zero attached hydrogens (tertiary/aromatic N) is 1. The highest BCUT2D eigenvalue weighted by atomic mass is 32.2. The lowest BCUT2D eigenvalue weighted by atomic mass is 10.1. The molecule has 3 nitrogen and oxygen atoms in total. The SMILES string of the molecule is O=S1CCCN([C@H]2CCC[C@@H]2O)CC1. The van der Waals surface area contributed by atoms with E-state index < -0.39 is 10.8 Å². The predicted molar refractivity (Wildman–Crippen MR) is 57.7 cm³/mol. The maximum absolute atomic E-state index is 11.3. The first-order valence-electron chi connectivity index (χ1n) is 5.54. The summed E-state index contributed by atoms with van der Waals surface area (Å²) in [6, 6.07) is 0.352. The van der Waals surface area contributed by atoms with E-state index in [2.05, 4.69) is 4.90 Å². The van der Waals surface area contributed by atoms with Crippen LogP contribution in [0.15, 0.2) is 0 Å². The first kappa shape index (κ1) is 10.6. The Balaban J connectivity index is 1.93. The van der Waals surface area contributed by atoms with Gasteiger partial charge < -0.3 is 5.11 Å². The molecule has 14 heavy (non-hydrogen) atoms. The minimum absolute atomic E-state index is 0.137. The molecule has 2 aliphatic rings. The highest BCUT2D eigenvalue weighted by Gasteiger charge is 2.31. The zero-order valence-corrected chi connectivity index (χ0v) is 9.34. The Bertz CT molecular complexity index is 222. The number of hydrogen-bond donors (Lipinski definition) is 1. The van der Waals surface area contributed by atoms with Gasteiger partial charge in [0.1, 0.15) is 0 Å². The van der Waals surface area contributed by atoms with Gasteiger partial charge in [-0.25, -0.2) is 0 Å². The van der Waals surface area contributed by atoms with Gasteiger partial charge in [-0.15, -0.1) is 0 Å². The lowest BCUT2D eigenvalue weighted by molar-refractivity contribution is 0.0755. The standard InChI is InChI=1S/C10H19NO2S/c12-10-4-1-3-9(10)11-5-2-7-14(13)8-6-11/h9-10,12H,1-8H2/t9-,10-,14?/m0/s1. The van der Waals surface area contributed by atoms with Gasteiger partial charge >= 0.3 is 0 Å². The molecule has 1 N–H and O–H groups in total. The van der Waals surface area contributed by atoms with E-state index in [-0.39, 0.29) is 6.10 Å². The van der Waals surface area contributed by atoms with Crippen LogP contribution >= 0.6 is 0 Å². The summed E-state index contributed by atoms with van der Waals surface area (Å²) in [5.74, 6) is 1.64. The Kier molecular flexibility index (Phi) is 3.57. The molecule has 0 amide bonds. The number of aliphatic hydroxyl groups is 1. The first-order valence-corrected chi connectivity index (χ1v) is 7.03. The molecule has 4 heteroatoms. The summed E-state index contributed by atoms with van der Waals surface area (Å²) in [6.45, 7) is 1.93. The second-order valence-corrected chi connectivity index (χ2v) is 6.00. The summed E-state index contributed by atoms with van der Waals surface area (Å²) < 4.78 is 11.3. The Labute approximate surface area is 87.9 Å². The molecule has 2 fully saturated rings. The van der Waals surface area contributed by atoms with Crippen molar-refractivity contribution in [2.75, 3.05) is 24.6 Å². The molecule has 0 aromatic carbocycles. The van der Waals surface area contributed by atoms with Crippen molar-refractivity contribution >= 4 is 10.8 Å². The van der Waals surface area contributed by atoms with E-state index in [9.17, 15) is 9.32 Å². The summed E-state index contributed by atoms with van der Waals surface area (Å²) in [7, 11) is -0.613. The summed E-state index contributed by atoms with van der Waals surface area (Å²) >= 11 is 0. The molecule has 1 aliphatic heterocycles. The van der Waals surface area contributed by atoms with Crippen molar-refractivity contribution in [2.24, 2.45) is 0 Å². The predicted octanol–water partition coefficient (Wildman–Crippen LogP) is 0.354. The van der Waals surface area contributed by atoms with Crippen LogP contribution in [0.2, 0.25) is 0 Å². The van der Waals surface area contributed by atoms with Crippen molar-refractivity contribution in [2.45, 2.75) is 37.8 Å². The van der Waals surface area contributed by atoms with Crippen LogP contribution in [0.4, 0.5) is 0 Å². The molecule has 0 radical (unpaired) electrons. The summed E-state index contributed by atoms with van der Waals surface area (Å²) in [4.78, 5) is 2.35. The Morgan fingerprint density at radius 1 is 1.14 bits per heavy atom. The fourth-order valence-electron chi connectivity index (χ4n) is 2.54. The van der Waals surface area contributed by atoms with Crippen LogP contribution in [-0.2, 0) is 10.8 Å². The van der Waals surface area contributed by atoms with Gasteiger partial charge in [0.15, 0.2) is 0 Å². The molecule has 2 rings (SSSR count). The third-order valence-electron chi connectivity index (χ3n) is 3.34. The maximum Gasteiger partial charge on any atom is 0.0695 e. The minimum Gasteiger partial charge on any atom is -0.391 e. The average molecular weight is 217 g/mol. The first-order chi connectivity index (χ1) is 6.77. The van der Waals surface area contributed by atoms with Crippen LogP contribution in [0.25, 0.3) is 0 Å². The molecule has 0 aromatic heterocycles. The number of hydrogen-bond acceptors (Lipinski definition) is 3. The molecule has 3 atom stereocenters. The van der Waals surface area contributed by atoms with Crippen LogP contribution in [0, 0.1) is 0 Å². The monoisotopic (exact) mass is 217 g/mol. The summed E-state index contributed by atoms with van der Waals surface area (Å²) in [5.41, 5.74) is 0. The lowest BCUT2D eigenvalue weighted by Gasteiger charge is -2.29. The van der Waals surface area contributed by atoms with Crippen molar-refractivity contribution in [3.63, 3.8) is 0 Å². The molecular weight excluding hydrogens is 198 g/mol. The van der Waals surface area contributed by atoms with E-state index in [1.165, 1.54) is 0 Å². The van der Waals surface area contributed by atoms with Crippen molar-refractivity contribution in [3.05, 3.63) is 0 Å². The topological polar surface area (TPSA) is 40.5 Å². The van der Waals surface area contributed by atoms with Crippen molar-refractivity contribution in [3.8, 4) is 0 Å². The average Bonchev–Trinajstić information content (AvgIpc) is 2.46. The minimum atomic E-state index is -0.613. The van der Waals surface area contributed by atoms with Crippen molar-refractivity contribution in [1.29, 1.82) is 0 Å². The summed E-state index contributed by atoms with van der Waals surface area (Å²) in [5, 5.41) is 9.78. The molecular formula is C10H19NO2S.